The van der Waals surface area contributed by atoms with Gasteiger partial charge in [0.1, 0.15) is 0 Å². The second-order valence-electron chi connectivity index (χ2n) is 4.99. The minimum atomic E-state index is -4.82. The Kier molecular flexibility index (Phi) is 5.43. The molecular weight excluding hydrogens is 471 g/mol. The highest BCUT2D eigenvalue weighted by Gasteiger charge is 2.47. The fourth-order valence-electron chi connectivity index (χ4n) is 2.26. The number of carbonyl (C=O) groups is 4. The lowest BCUT2D eigenvalue weighted by Crippen LogP contribution is -2.35. The van der Waals surface area contributed by atoms with Crippen LogP contribution in [0.3, 0.4) is 0 Å². The number of benzene rings is 1. The zero-order chi connectivity index (χ0) is 18.9. The van der Waals surface area contributed by atoms with Gasteiger partial charge in [0.25, 0.3) is 16.0 Å². The minimum absolute atomic E-state index is 0.111. The summed E-state index contributed by atoms with van der Waals surface area (Å²) in [6.07, 6.45) is -0.805. The second kappa shape index (κ2) is 7.05. The second-order valence-corrected chi connectivity index (χ2v) is 7.36. The lowest BCUT2D eigenvalue weighted by Gasteiger charge is -2.18. The number of nitrogens with one attached hydrogen (secondary N) is 1. The SMILES string of the molecule is O=C(CI)Nc1ccc(C(=O)O)c(N2C(=O)CC(S(=O)(=O)O)C2=O)c1. The number of amides is 3. The van der Waals surface area contributed by atoms with Crippen molar-refractivity contribution in [3.63, 3.8) is 0 Å². The first-order valence-corrected chi connectivity index (χ1v) is 9.65. The summed E-state index contributed by atoms with van der Waals surface area (Å²) in [4.78, 5) is 47.5. The van der Waals surface area contributed by atoms with Crippen LogP contribution >= 0.6 is 22.6 Å². The molecule has 3 N–H and O–H groups in total. The molecule has 1 unspecified atom stereocenters. The van der Waals surface area contributed by atoms with Crippen LogP contribution < -0.4 is 10.2 Å². The molecule has 12 heteroatoms. The number of hydrogen-bond donors (Lipinski definition) is 3. The Bertz CT molecular complexity index is 882. The number of alkyl halides is 1. The molecule has 0 saturated carbocycles. The number of carboxylic acid groups (broad SMARTS) is 1. The van der Waals surface area contributed by atoms with E-state index in [9.17, 15) is 32.7 Å². The average Bonchev–Trinajstić information content (AvgIpc) is 2.81. The van der Waals surface area contributed by atoms with Crippen LogP contribution in [0, 0.1) is 0 Å². The number of hydrogen-bond acceptors (Lipinski definition) is 6. The van der Waals surface area contributed by atoms with Crippen LogP contribution in [0.4, 0.5) is 11.4 Å². The van der Waals surface area contributed by atoms with Gasteiger partial charge < -0.3 is 10.4 Å². The third-order valence-corrected chi connectivity index (χ3v) is 5.12. The smallest absolute Gasteiger partial charge is 0.337 e. The maximum absolute atomic E-state index is 12.2. The molecule has 0 aromatic heterocycles. The number of halogens is 1. The van der Waals surface area contributed by atoms with E-state index < -0.39 is 51.0 Å². The molecule has 2 rings (SSSR count). The van der Waals surface area contributed by atoms with Crippen molar-refractivity contribution >= 4 is 67.8 Å². The van der Waals surface area contributed by atoms with E-state index in [4.69, 9.17) is 4.55 Å². The van der Waals surface area contributed by atoms with E-state index in [1.807, 2.05) is 0 Å². The average molecular weight is 482 g/mol. The van der Waals surface area contributed by atoms with Crippen LogP contribution in [0.5, 0.6) is 0 Å². The third kappa shape index (κ3) is 3.96. The minimum Gasteiger partial charge on any atom is -0.478 e. The Morgan fingerprint density at radius 3 is 2.44 bits per heavy atom. The molecule has 134 valence electrons. The molecule has 1 aromatic carbocycles. The first-order valence-electron chi connectivity index (χ1n) is 6.62. The highest BCUT2D eigenvalue weighted by Crippen LogP contribution is 2.31. The molecule has 0 bridgehead atoms. The predicted octanol–water partition coefficient (Wildman–Crippen LogP) is 0.278. The van der Waals surface area contributed by atoms with Crippen LogP contribution in [-0.4, -0.2) is 51.4 Å². The van der Waals surface area contributed by atoms with E-state index in [1.165, 1.54) is 6.07 Å². The molecule has 25 heavy (non-hydrogen) atoms. The summed E-state index contributed by atoms with van der Waals surface area (Å²) in [5.74, 6) is -4.10. The van der Waals surface area contributed by atoms with E-state index >= 15 is 0 Å². The van der Waals surface area contributed by atoms with Gasteiger partial charge in [0.05, 0.1) is 22.1 Å². The van der Waals surface area contributed by atoms with Gasteiger partial charge in [-0.25, -0.2) is 9.69 Å². The van der Waals surface area contributed by atoms with Crippen LogP contribution in [0.15, 0.2) is 18.2 Å². The molecule has 0 aliphatic carbocycles. The Balaban J connectivity index is 2.54. The Hall–Kier alpha value is -2.06. The quantitative estimate of drug-likeness (QED) is 0.234. The summed E-state index contributed by atoms with van der Waals surface area (Å²) in [5.41, 5.74) is -0.706. The van der Waals surface area contributed by atoms with Crippen molar-refractivity contribution in [2.24, 2.45) is 0 Å². The molecule has 0 radical (unpaired) electrons. The molecule has 10 nitrogen and oxygen atoms in total. The lowest BCUT2D eigenvalue weighted by atomic mass is 10.1. The van der Waals surface area contributed by atoms with Gasteiger partial charge >= 0.3 is 5.97 Å². The maximum Gasteiger partial charge on any atom is 0.337 e. The van der Waals surface area contributed by atoms with Gasteiger partial charge in [-0.2, -0.15) is 8.42 Å². The molecule has 0 spiro atoms. The Morgan fingerprint density at radius 2 is 1.96 bits per heavy atom. The normalized spacial score (nSPS) is 17.7. The number of nitrogens with zero attached hydrogens (tertiary/aromatic N) is 1. The first-order chi connectivity index (χ1) is 11.6. The third-order valence-electron chi connectivity index (χ3n) is 3.34. The fourth-order valence-corrected chi connectivity index (χ4v) is 3.16. The number of carbonyl (C=O) groups excluding carboxylic acids is 3. The highest BCUT2D eigenvalue weighted by atomic mass is 127. The molecule has 1 atom stereocenters. The van der Waals surface area contributed by atoms with Crippen molar-refractivity contribution in [3.05, 3.63) is 23.8 Å². The van der Waals surface area contributed by atoms with Gasteiger partial charge in [-0.3, -0.25) is 18.9 Å². The first kappa shape index (κ1) is 19.3. The summed E-state index contributed by atoms with van der Waals surface area (Å²) in [6.45, 7) is 0. The molecule has 1 heterocycles. The van der Waals surface area contributed by atoms with Crippen molar-refractivity contribution < 1.29 is 37.3 Å². The molecule has 1 fully saturated rings. The van der Waals surface area contributed by atoms with Crippen molar-refractivity contribution in [1.29, 1.82) is 0 Å². The van der Waals surface area contributed by atoms with E-state index in [-0.39, 0.29) is 15.8 Å². The van der Waals surface area contributed by atoms with Gasteiger partial charge in [0.15, 0.2) is 5.25 Å². The van der Waals surface area contributed by atoms with Crippen molar-refractivity contribution in [2.45, 2.75) is 11.7 Å². The van der Waals surface area contributed by atoms with E-state index in [0.717, 1.165) is 12.1 Å². The molecule has 1 aliphatic heterocycles. The van der Waals surface area contributed by atoms with Crippen molar-refractivity contribution in [3.8, 4) is 0 Å². The zero-order valence-corrected chi connectivity index (χ0v) is 15.3. The fraction of sp³-hybridized carbons (Fsp3) is 0.231. The van der Waals surface area contributed by atoms with Crippen LogP contribution in [0.1, 0.15) is 16.8 Å². The lowest BCUT2D eigenvalue weighted by molar-refractivity contribution is -0.121. The Morgan fingerprint density at radius 1 is 1.32 bits per heavy atom. The standard InChI is InChI=1S/C13H11IN2O8S/c14-5-10(17)15-6-1-2-7(13(20)21)8(3-6)16-11(18)4-9(12(16)19)25(22,23)24/h1-3,9H,4-5H2,(H,15,17)(H,20,21)(H,22,23,24). The summed E-state index contributed by atoms with van der Waals surface area (Å²) >= 11 is 1.80. The molecule has 1 saturated heterocycles. The van der Waals surface area contributed by atoms with Crippen molar-refractivity contribution in [1.82, 2.24) is 0 Å². The van der Waals surface area contributed by atoms with Gasteiger partial charge in [-0.1, -0.05) is 22.6 Å². The van der Waals surface area contributed by atoms with E-state index in [1.54, 1.807) is 22.6 Å². The Labute approximate surface area is 155 Å². The topological polar surface area (TPSA) is 158 Å². The summed E-state index contributed by atoms with van der Waals surface area (Å²) in [5, 5.41) is 9.68. The van der Waals surface area contributed by atoms with Crippen molar-refractivity contribution in [2.75, 3.05) is 14.6 Å². The van der Waals surface area contributed by atoms with Crippen LogP contribution in [0.25, 0.3) is 0 Å². The summed E-state index contributed by atoms with van der Waals surface area (Å²) in [6, 6.07) is 3.42. The predicted molar refractivity (Wildman–Crippen MR) is 93.4 cm³/mol. The molecule has 3 amide bonds. The van der Waals surface area contributed by atoms with Crippen LogP contribution in [0.2, 0.25) is 0 Å². The maximum atomic E-state index is 12.2. The van der Waals surface area contributed by atoms with Gasteiger partial charge in [0.2, 0.25) is 11.8 Å². The number of rotatable bonds is 5. The van der Waals surface area contributed by atoms with Crippen LogP contribution in [-0.2, 0) is 24.5 Å². The number of imide groups is 1. The van der Waals surface area contributed by atoms with Gasteiger partial charge in [-0.05, 0) is 18.2 Å². The van der Waals surface area contributed by atoms with Gasteiger partial charge in [-0.15, -0.1) is 0 Å². The monoisotopic (exact) mass is 482 g/mol. The molecule has 1 aromatic rings. The summed E-state index contributed by atoms with van der Waals surface area (Å²) < 4.78 is 31.6. The van der Waals surface area contributed by atoms with E-state index in [2.05, 4.69) is 5.32 Å². The number of aromatic carboxylic acids is 1. The summed E-state index contributed by atoms with van der Waals surface area (Å²) in [7, 11) is -4.82. The number of anilines is 2. The number of carboxylic acids is 1. The largest absolute Gasteiger partial charge is 0.478 e. The van der Waals surface area contributed by atoms with Gasteiger partial charge in [0, 0.05) is 5.69 Å². The molecule has 1 aliphatic rings. The van der Waals surface area contributed by atoms with E-state index in [0.29, 0.717) is 4.90 Å². The molecular formula is C13H11IN2O8S. The zero-order valence-electron chi connectivity index (χ0n) is 12.3. The highest BCUT2D eigenvalue weighted by molar-refractivity contribution is 14.1.